The molecule has 2 aliphatic rings. The predicted molar refractivity (Wildman–Crippen MR) is 127 cm³/mol. The van der Waals surface area contributed by atoms with Crippen molar-refractivity contribution in [1.29, 1.82) is 0 Å². The number of piperazine rings is 1. The molecule has 0 bridgehead atoms. The van der Waals surface area contributed by atoms with Crippen LogP contribution in [0.15, 0.2) is 48.5 Å². The van der Waals surface area contributed by atoms with E-state index in [0.29, 0.717) is 19.3 Å². The Morgan fingerprint density at radius 2 is 1.70 bits per heavy atom. The first-order chi connectivity index (χ1) is 13.8. The maximum atomic E-state index is 6.11. The zero-order valence-electron chi connectivity index (χ0n) is 17.7. The minimum atomic E-state index is 0. The molecule has 30 heavy (non-hydrogen) atoms. The zero-order chi connectivity index (χ0) is 19.2. The van der Waals surface area contributed by atoms with Crippen molar-refractivity contribution in [2.45, 2.75) is 38.8 Å². The Labute approximate surface area is 193 Å². The predicted octanol–water partition coefficient (Wildman–Crippen LogP) is 5.25. The van der Waals surface area contributed by atoms with E-state index in [2.05, 4.69) is 40.5 Å². The van der Waals surface area contributed by atoms with Gasteiger partial charge >= 0.3 is 0 Å². The van der Waals surface area contributed by atoms with Gasteiger partial charge in [-0.3, -0.25) is 4.90 Å². The number of hydrogen-bond acceptors (Lipinski definition) is 4. The Hall–Kier alpha value is -1.46. The van der Waals surface area contributed by atoms with E-state index in [1.165, 1.54) is 30.4 Å². The molecule has 0 amide bonds. The van der Waals surface area contributed by atoms with Crippen molar-refractivity contribution in [3.05, 3.63) is 59.7 Å². The van der Waals surface area contributed by atoms with E-state index in [9.17, 15) is 0 Å². The van der Waals surface area contributed by atoms with Gasteiger partial charge in [0.1, 0.15) is 6.61 Å². The van der Waals surface area contributed by atoms with Crippen LogP contribution in [-0.2, 0) is 6.61 Å². The maximum Gasteiger partial charge on any atom is 0.161 e. The Morgan fingerprint density at radius 3 is 2.33 bits per heavy atom. The summed E-state index contributed by atoms with van der Waals surface area (Å²) in [5.41, 5.74) is 2.55. The summed E-state index contributed by atoms with van der Waals surface area (Å²) in [6.45, 7) is 7.65. The standard InChI is InChI=1S/C24H32N2O2.2ClH/c1-2-27-23-17-21(11-12-22(23)28-18-19-7-4-3-5-8-19)24(20-9-6-10-20)26-15-13-25-14-16-26;;/h3-5,7-8,11-12,17,20,24-25H,2,6,9-10,13-16,18H2,1H3;2*1H/t24-;;/m1../s1. The summed E-state index contributed by atoms with van der Waals surface area (Å²) in [5.74, 6) is 2.47. The van der Waals surface area contributed by atoms with Gasteiger partial charge < -0.3 is 14.8 Å². The summed E-state index contributed by atoms with van der Waals surface area (Å²) < 4.78 is 12.1. The zero-order valence-corrected chi connectivity index (χ0v) is 19.4. The number of rotatable bonds is 8. The van der Waals surface area contributed by atoms with Crippen molar-refractivity contribution in [1.82, 2.24) is 10.2 Å². The second kappa shape index (κ2) is 12.4. The molecule has 2 aromatic rings. The van der Waals surface area contributed by atoms with E-state index in [1.807, 2.05) is 25.1 Å². The quantitative estimate of drug-likeness (QED) is 0.592. The summed E-state index contributed by atoms with van der Waals surface area (Å²) >= 11 is 0. The Balaban J connectivity index is 0.00000160. The first-order valence-corrected chi connectivity index (χ1v) is 10.7. The van der Waals surface area contributed by atoms with Crippen LogP contribution in [0.25, 0.3) is 0 Å². The molecule has 0 aromatic heterocycles. The first kappa shape index (κ1) is 24.8. The van der Waals surface area contributed by atoms with Gasteiger partial charge in [-0.15, -0.1) is 24.8 Å². The lowest BCUT2D eigenvalue weighted by atomic mass is 9.76. The fourth-order valence-corrected chi connectivity index (χ4v) is 4.33. The summed E-state index contributed by atoms with van der Waals surface area (Å²) in [6, 6.07) is 17.4. The molecule has 1 aliphatic heterocycles. The van der Waals surface area contributed by atoms with Gasteiger partial charge in [0.15, 0.2) is 11.5 Å². The second-order valence-electron chi connectivity index (χ2n) is 7.84. The number of nitrogens with zero attached hydrogens (tertiary/aromatic N) is 1. The Kier molecular flexibility index (Phi) is 10.3. The van der Waals surface area contributed by atoms with E-state index in [1.54, 1.807) is 0 Å². The van der Waals surface area contributed by atoms with Crippen LogP contribution in [0.1, 0.15) is 43.4 Å². The van der Waals surface area contributed by atoms with E-state index in [-0.39, 0.29) is 24.8 Å². The van der Waals surface area contributed by atoms with Crippen LogP contribution in [0.4, 0.5) is 0 Å². The largest absolute Gasteiger partial charge is 0.490 e. The Morgan fingerprint density at radius 1 is 0.967 bits per heavy atom. The lowest BCUT2D eigenvalue weighted by Crippen LogP contribution is -2.47. The van der Waals surface area contributed by atoms with Crippen molar-refractivity contribution in [2.24, 2.45) is 5.92 Å². The molecule has 6 heteroatoms. The average molecular weight is 453 g/mol. The van der Waals surface area contributed by atoms with Crippen LogP contribution >= 0.6 is 24.8 Å². The third kappa shape index (κ3) is 6.04. The van der Waals surface area contributed by atoms with Gasteiger partial charge in [0.05, 0.1) is 6.61 Å². The third-order valence-corrected chi connectivity index (χ3v) is 5.99. The van der Waals surface area contributed by atoms with Gasteiger partial charge in [-0.2, -0.15) is 0 Å². The fraction of sp³-hybridized carbons (Fsp3) is 0.500. The molecule has 0 unspecified atom stereocenters. The first-order valence-electron chi connectivity index (χ1n) is 10.7. The highest BCUT2D eigenvalue weighted by molar-refractivity contribution is 5.85. The summed E-state index contributed by atoms with van der Waals surface area (Å²) in [6.07, 6.45) is 4.04. The molecule has 2 fully saturated rings. The lowest BCUT2D eigenvalue weighted by Gasteiger charge is -2.43. The van der Waals surface area contributed by atoms with Gasteiger partial charge in [-0.05, 0) is 48.9 Å². The fourth-order valence-electron chi connectivity index (χ4n) is 4.33. The molecule has 1 saturated carbocycles. The van der Waals surface area contributed by atoms with Crippen LogP contribution in [-0.4, -0.2) is 37.7 Å². The molecule has 166 valence electrons. The number of hydrogen-bond donors (Lipinski definition) is 1. The van der Waals surface area contributed by atoms with Crippen LogP contribution in [0, 0.1) is 5.92 Å². The number of halogens is 2. The van der Waals surface area contributed by atoms with Crippen LogP contribution < -0.4 is 14.8 Å². The van der Waals surface area contributed by atoms with Gasteiger partial charge in [0.2, 0.25) is 0 Å². The van der Waals surface area contributed by atoms with Gasteiger partial charge in [0.25, 0.3) is 0 Å². The summed E-state index contributed by atoms with van der Waals surface area (Å²) in [7, 11) is 0. The summed E-state index contributed by atoms with van der Waals surface area (Å²) in [5, 5.41) is 3.48. The minimum Gasteiger partial charge on any atom is -0.490 e. The molecular formula is C24H34Cl2N2O2. The van der Waals surface area contributed by atoms with E-state index >= 15 is 0 Å². The lowest BCUT2D eigenvalue weighted by molar-refractivity contribution is 0.0834. The van der Waals surface area contributed by atoms with Crippen molar-refractivity contribution in [3.8, 4) is 11.5 Å². The van der Waals surface area contributed by atoms with Crippen molar-refractivity contribution < 1.29 is 9.47 Å². The minimum absolute atomic E-state index is 0. The highest BCUT2D eigenvalue weighted by Crippen LogP contribution is 2.43. The maximum absolute atomic E-state index is 6.11. The molecule has 1 heterocycles. The van der Waals surface area contributed by atoms with E-state index < -0.39 is 0 Å². The normalized spacial score (nSPS) is 17.8. The number of ether oxygens (including phenoxy) is 2. The molecule has 1 N–H and O–H groups in total. The number of benzene rings is 2. The highest BCUT2D eigenvalue weighted by atomic mass is 35.5. The SMILES string of the molecule is CCOc1cc([C@@H](C2CCC2)N2CCNCC2)ccc1OCc1ccccc1.Cl.Cl. The van der Waals surface area contributed by atoms with Gasteiger partial charge in [-0.1, -0.05) is 42.8 Å². The van der Waals surface area contributed by atoms with Gasteiger partial charge in [-0.25, -0.2) is 0 Å². The van der Waals surface area contributed by atoms with Crippen LogP contribution in [0.2, 0.25) is 0 Å². The van der Waals surface area contributed by atoms with Crippen LogP contribution in [0.3, 0.4) is 0 Å². The van der Waals surface area contributed by atoms with Crippen LogP contribution in [0.5, 0.6) is 11.5 Å². The summed E-state index contributed by atoms with van der Waals surface area (Å²) in [4.78, 5) is 2.66. The molecule has 1 saturated heterocycles. The van der Waals surface area contributed by atoms with Crippen molar-refractivity contribution in [2.75, 3.05) is 32.8 Å². The molecule has 2 aromatic carbocycles. The molecule has 1 aliphatic carbocycles. The van der Waals surface area contributed by atoms with E-state index in [4.69, 9.17) is 9.47 Å². The topological polar surface area (TPSA) is 33.7 Å². The molecule has 4 rings (SSSR count). The molecule has 0 radical (unpaired) electrons. The smallest absolute Gasteiger partial charge is 0.161 e. The number of nitrogens with one attached hydrogen (secondary N) is 1. The third-order valence-electron chi connectivity index (χ3n) is 5.99. The Bertz CT molecular complexity index is 750. The molecular weight excluding hydrogens is 419 g/mol. The average Bonchev–Trinajstić information content (AvgIpc) is 2.71. The van der Waals surface area contributed by atoms with Crippen molar-refractivity contribution in [3.63, 3.8) is 0 Å². The monoisotopic (exact) mass is 452 g/mol. The second-order valence-corrected chi connectivity index (χ2v) is 7.84. The molecule has 0 spiro atoms. The molecule has 4 nitrogen and oxygen atoms in total. The van der Waals surface area contributed by atoms with Gasteiger partial charge in [0, 0.05) is 32.2 Å². The molecule has 1 atom stereocenters. The van der Waals surface area contributed by atoms with E-state index in [0.717, 1.165) is 43.6 Å². The highest BCUT2D eigenvalue weighted by Gasteiger charge is 2.34. The van der Waals surface area contributed by atoms with Crippen molar-refractivity contribution >= 4 is 24.8 Å².